The first-order valence-electron chi connectivity index (χ1n) is 12.5. The standard InChI is InChI=1S/C30H27FN4O4/c1-17-10-27(37)34-29(28(17)26(36)13-18-6-9-25-21(11-18)16-33-35-25)20-7-8-24(31)23(14-20)30(38)32-15-19-4-3-5-22(12-19)39-2/h3-9,11-12,14,16,29H,10,13,15H2,1-2H3,(H,32,38)(H,33,35)(H,34,37). The van der Waals surface area contributed by atoms with Crippen LogP contribution >= 0.6 is 0 Å². The van der Waals surface area contributed by atoms with E-state index in [-0.39, 0.29) is 36.6 Å². The SMILES string of the molecule is COc1cccc(CNC(=O)c2cc(C3NC(=O)CC(C)=C3C(=O)Cc3ccc4[nH]ncc4c3)ccc2F)c1. The van der Waals surface area contributed by atoms with Crippen molar-refractivity contribution in [2.24, 2.45) is 0 Å². The number of aromatic amines is 1. The number of benzene rings is 3. The number of methoxy groups -OCH3 is 1. The first-order chi connectivity index (χ1) is 18.8. The molecule has 1 aliphatic heterocycles. The van der Waals surface area contributed by atoms with Crippen molar-refractivity contribution >= 4 is 28.5 Å². The first kappa shape index (κ1) is 25.8. The van der Waals surface area contributed by atoms with Crippen LogP contribution in [0.2, 0.25) is 0 Å². The fourth-order valence-corrected chi connectivity index (χ4v) is 4.85. The molecule has 39 heavy (non-hydrogen) atoms. The van der Waals surface area contributed by atoms with Gasteiger partial charge in [-0.3, -0.25) is 19.5 Å². The van der Waals surface area contributed by atoms with Crippen molar-refractivity contribution in [1.82, 2.24) is 20.8 Å². The van der Waals surface area contributed by atoms with Gasteiger partial charge in [-0.15, -0.1) is 0 Å². The molecule has 0 radical (unpaired) electrons. The molecule has 0 saturated heterocycles. The van der Waals surface area contributed by atoms with Crippen LogP contribution in [-0.2, 0) is 22.6 Å². The Morgan fingerprint density at radius 1 is 1.10 bits per heavy atom. The van der Waals surface area contributed by atoms with Crippen LogP contribution in [0.1, 0.15) is 46.4 Å². The summed E-state index contributed by atoms with van der Waals surface area (Å²) in [5.74, 6) is -1.07. The Balaban J connectivity index is 1.39. The number of halogens is 1. The van der Waals surface area contributed by atoms with Crippen LogP contribution in [0.4, 0.5) is 4.39 Å². The van der Waals surface area contributed by atoms with E-state index in [1.54, 1.807) is 38.4 Å². The molecule has 2 heterocycles. The zero-order valence-corrected chi connectivity index (χ0v) is 21.5. The molecule has 0 fully saturated rings. The lowest BCUT2D eigenvalue weighted by Crippen LogP contribution is -2.37. The maximum absolute atomic E-state index is 14.8. The monoisotopic (exact) mass is 526 g/mol. The quantitative estimate of drug-likeness (QED) is 0.316. The lowest BCUT2D eigenvalue weighted by molar-refractivity contribution is -0.121. The van der Waals surface area contributed by atoms with Crippen molar-refractivity contribution in [3.63, 3.8) is 0 Å². The highest BCUT2D eigenvalue weighted by Crippen LogP contribution is 2.32. The van der Waals surface area contributed by atoms with E-state index in [0.29, 0.717) is 22.5 Å². The molecular formula is C30H27FN4O4. The average Bonchev–Trinajstić information content (AvgIpc) is 3.39. The van der Waals surface area contributed by atoms with Gasteiger partial charge in [0.25, 0.3) is 5.91 Å². The highest BCUT2D eigenvalue weighted by atomic mass is 19.1. The van der Waals surface area contributed by atoms with E-state index in [4.69, 9.17) is 4.74 Å². The Hall–Kier alpha value is -4.79. The first-order valence-corrected chi connectivity index (χ1v) is 12.5. The molecule has 3 aromatic carbocycles. The predicted octanol–water partition coefficient (Wildman–Crippen LogP) is 4.33. The van der Waals surface area contributed by atoms with Crippen molar-refractivity contribution in [2.45, 2.75) is 32.4 Å². The Bertz CT molecular complexity index is 1620. The number of nitrogens with one attached hydrogen (secondary N) is 3. The number of carbonyl (C=O) groups excluding carboxylic acids is 3. The van der Waals surface area contributed by atoms with Crippen LogP contribution in [0, 0.1) is 5.82 Å². The van der Waals surface area contributed by atoms with Gasteiger partial charge in [-0.2, -0.15) is 5.10 Å². The number of hydrogen-bond acceptors (Lipinski definition) is 5. The van der Waals surface area contributed by atoms with Gasteiger partial charge in [0, 0.05) is 30.3 Å². The number of Topliss-reactive ketones (excluding diaryl/α,β-unsaturated/α-hetero) is 1. The summed E-state index contributed by atoms with van der Waals surface area (Å²) in [5, 5.41) is 13.4. The molecule has 1 aliphatic rings. The van der Waals surface area contributed by atoms with E-state index in [2.05, 4.69) is 20.8 Å². The van der Waals surface area contributed by atoms with Crippen LogP contribution in [0.15, 0.2) is 78.0 Å². The lowest BCUT2D eigenvalue weighted by Gasteiger charge is -2.28. The third-order valence-electron chi connectivity index (χ3n) is 6.80. The number of ether oxygens (including phenoxy) is 1. The van der Waals surface area contributed by atoms with Crippen LogP contribution < -0.4 is 15.4 Å². The van der Waals surface area contributed by atoms with Gasteiger partial charge >= 0.3 is 0 Å². The number of H-pyrrole nitrogens is 1. The third kappa shape index (κ3) is 5.57. The maximum atomic E-state index is 14.8. The van der Waals surface area contributed by atoms with Gasteiger partial charge < -0.3 is 15.4 Å². The second kappa shape index (κ2) is 10.9. The highest BCUT2D eigenvalue weighted by molar-refractivity contribution is 6.02. The van der Waals surface area contributed by atoms with Gasteiger partial charge in [0.2, 0.25) is 5.91 Å². The molecule has 1 unspecified atom stereocenters. The molecule has 5 rings (SSSR count). The van der Waals surface area contributed by atoms with Gasteiger partial charge in [-0.25, -0.2) is 4.39 Å². The largest absolute Gasteiger partial charge is 0.497 e. The summed E-state index contributed by atoms with van der Waals surface area (Å²) >= 11 is 0. The second-order valence-corrected chi connectivity index (χ2v) is 9.54. The van der Waals surface area contributed by atoms with E-state index in [9.17, 15) is 18.8 Å². The fourth-order valence-electron chi connectivity index (χ4n) is 4.85. The Morgan fingerprint density at radius 3 is 2.77 bits per heavy atom. The van der Waals surface area contributed by atoms with Gasteiger partial charge in [0.05, 0.1) is 30.4 Å². The molecule has 198 valence electrons. The van der Waals surface area contributed by atoms with Crippen molar-refractivity contribution in [2.75, 3.05) is 7.11 Å². The van der Waals surface area contributed by atoms with Crippen molar-refractivity contribution in [1.29, 1.82) is 0 Å². The van der Waals surface area contributed by atoms with E-state index < -0.39 is 17.8 Å². The third-order valence-corrected chi connectivity index (χ3v) is 6.80. The van der Waals surface area contributed by atoms with Crippen LogP contribution in [-0.4, -0.2) is 34.9 Å². The Labute approximate surface area is 224 Å². The average molecular weight is 527 g/mol. The highest BCUT2D eigenvalue weighted by Gasteiger charge is 2.31. The molecule has 9 heteroatoms. The maximum Gasteiger partial charge on any atom is 0.254 e. The molecule has 8 nitrogen and oxygen atoms in total. The van der Waals surface area contributed by atoms with Crippen LogP contribution in [0.5, 0.6) is 5.75 Å². The number of fused-ring (bicyclic) bond motifs is 1. The number of carbonyl (C=O) groups is 3. The number of rotatable bonds is 8. The predicted molar refractivity (Wildman–Crippen MR) is 144 cm³/mol. The number of nitrogens with zero attached hydrogens (tertiary/aromatic N) is 1. The summed E-state index contributed by atoms with van der Waals surface area (Å²) in [5.41, 5.74) is 3.82. The molecule has 0 saturated carbocycles. The summed E-state index contributed by atoms with van der Waals surface area (Å²) in [4.78, 5) is 39.0. The minimum atomic E-state index is -0.804. The number of aromatic nitrogens is 2. The minimum absolute atomic E-state index is 0.0907. The van der Waals surface area contributed by atoms with Crippen LogP contribution in [0.3, 0.4) is 0 Å². The van der Waals surface area contributed by atoms with Gasteiger partial charge in [-0.05, 0) is 60.0 Å². The Morgan fingerprint density at radius 2 is 1.95 bits per heavy atom. The van der Waals surface area contributed by atoms with Crippen molar-refractivity contribution < 1.29 is 23.5 Å². The second-order valence-electron chi connectivity index (χ2n) is 9.54. The molecule has 0 bridgehead atoms. The molecular weight excluding hydrogens is 499 g/mol. The summed E-state index contributed by atoms with van der Waals surface area (Å²) in [6.45, 7) is 1.92. The smallest absolute Gasteiger partial charge is 0.254 e. The molecule has 0 aliphatic carbocycles. The molecule has 2 amide bonds. The summed E-state index contributed by atoms with van der Waals surface area (Å²) in [7, 11) is 1.55. The molecule has 0 spiro atoms. The normalized spacial score (nSPS) is 15.3. The van der Waals surface area contributed by atoms with Crippen molar-refractivity contribution in [3.05, 3.63) is 106 Å². The molecule has 1 aromatic heterocycles. The molecule has 3 N–H and O–H groups in total. The number of ketones is 1. The Kier molecular flexibility index (Phi) is 7.23. The fraction of sp³-hybridized carbons (Fsp3) is 0.200. The van der Waals surface area contributed by atoms with Gasteiger partial charge in [0.15, 0.2) is 5.78 Å². The molecule has 4 aromatic rings. The zero-order valence-electron chi connectivity index (χ0n) is 21.5. The summed E-state index contributed by atoms with van der Waals surface area (Å²) < 4.78 is 20.0. The lowest BCUT2D eigenvalue weighted by atomic mass is 9.85. The topological polar surface area (TPSA) is 113 Å². The van der Waals surface area contributed by atoms with E-state index in [1.807, 2.05) is 24.3 Å². The van der Waals surface area contributed by atoms with E-state index in [1.165, 1.54) is 18.2 Å². The summed E-state index contributed by atoms with van der Waals surface area (Å²) in [6, 6.07) is 16.1. The van der Waals surface area contributed by atoms with Crippen molar-refractivity contribution in [3.8, 4) is 5.75 Å². The summed E-state index contributed by atoms with van der Waals surface area (Å²) in [6.07, 6.45) is 1.90. The zero-order chi connectivity index (χ0) is 27.5. The van der Waals surface area contributed by atoms with E-state index >= 15 is 0 Å². The van der Waals surface area contributed by atoms with Crippen LogP contribution in [0.25, 0.3) is 10.9 Å². The number of amides is 2. The number of hydrogen-bond donors (Lipinski definition) is 3. The molecule has 1 atom stereocenters. The van der Waals surface area contributed by atoms with Gasteiger partial charge in [0.1, 0.15) is 11.6 Å². The van der Waals surface area contributed by atoms with E-state index in [0.717, 1.165) is 22.0 Å². The minimum Gasteiger partial charge on any atom is -0.497 e. The van der Waals surface area contributed by atoms with Gasteiger partial charge in [-0.1, -0.05) is 29.8 Å².